The number of hydrogen-bond acceptors (Lipinski definition) is 4. The second kappa shape index (κ2) is 5.48. The highest BCUT2D eigenvalue weighted by Crippen LogP contribution is 2.13. The molecule has 1 fully saturated rings. The molecular weight excluding hydrogens is 206 g/mol. The first-order chi connectivity index (χ1) is 7.74. The average Bonchev–Trinajstić information content (AvgIpc) is 2.60. The number of furan rings is 1. The highest BCUT2D eigenvalue weighted by molar-refractivity contribution is 5.12. The Morgan fingerprint density at radius 3 is 2.94 bits per heavy atom. The fraction of sp³-hybridized carbons (Fsp3) is 0.667. The molecule has 0 bridgehead atoms. The quantitative estimate of drug-likeness (QED) is 0.800. The molecule has 0 aliphatic carbocycles. The Morgan fingerprint density at radius 1 is 1.50 bits per heavy atom. The lowest BCUT2D eigenvalue weighted by Gasteiger charge is -2.25. The number of ether oxygens (including phenoxy) is 2. The van der Waals surface area contributed by atoms with Gasteiger partial charge in [0.2, 0.25) is 0 Å². The van der Waals surface area contributed by atoms with Crippen LogP contribution in [-0.2, 0) is 22.6 Å². The lowest BCUT2D eigenvalue weighted by Crippen LogP contribution is -2.35. The minimum Gasteiger partial charge on any atom is -0.467 e. The van der Waals surface area contributed by atoms with Crippen molar-refractivity contribution in [1.82, 2.24) is 5.32 Å². The summed E-state index contributed by atoms with van der Waals surface area (Å²) in [5, 5.41) is 3.34. The van der Waals surface area contributed by atoms with Gasteiger partial charge in [0.25, 0.3) is 0 Å². The minimum atomic E-state index is 0.252. The first kappa shape index (κ1) is 11.6. The first-order valence-corrected chi connectivity index (χ1v) is 5.73. The summed E-state index contributed by atoms with van der Waals surface area (Å²) in [7, 11) is 0. The van der Waals surface area contributed by atoms with Gasteiger partial charge in [0.15, 0.2) is 0 Å². The highest BCUT2D eigenvalue weighted by atomic mass is 16.6. The third kappa shape index (κ3) is 3.33. The SMILES string of the molecule is CC(C)NCc1coc(COC2COC2)c1. The van der Waals surface area contributed by atoms with Crippen molar-refractivity contribution >= 4 is 0 Å². The number of rotatable bonds is 6. The van der Waals surface area contributed by atoms with Crippen LogP contribution in [-0.4, -0.2) is 25.4 Å². The van der Waals surface area contributed by atoms with Gasteiger partial charge in [-0.15, -0.1) is 0 Å². The van der Waals surface area contributed by atoms with Gasteiger partial charge < -0.3 is 19.2 Å². The summed E-state index contributed by atoms with van der Waals surface area (Å²) in [4.78, 5) is 0. The minimum absolute atomic E-state index is 0.252. The van der Waals surface area contributed by atoms with Gasteiger partial charge in [0, 0.05) is 18.2 Å². The lowest BCUT2D eigenvalue weighted by molar-refractivity contribution is -0.137. The summed E-state index contributed by atoms with van der Waals surface area (Å²) >= 11 is 0. The largest absolute Gasteiger partial charge is 0.467 e. The zero-order chi connectivity index (χ0) is 11.4. The summed E-state index contributed by atoms with van der Waals surface area (Å²) in [5.41, 5.74) is 1.16. The molecule has 1 aromatic rings. The van der Waals surface area contributed by atoms with E-state index in [-0.39, 0.29) is 6.10 Å². The summed E-state index contributed by atoms with van der Waals surface area (Å²) < 4.78 is 16.0. The van der Waals surface area contributed by atoms with Crippen LogP contribution in [0.5, 0.6) is 0 Å². The summed E-state index contributed by atoms with van der Waals surface area (Å²) in [6.45, 7) is 7.05. The van der Waals surface area contributed by atoms with E-state index in [9.17, 15) is 0 Å². The van der Waals surface area contributed by atoms with Crippen LogP contribution < -0.4 is 5.32 Å². The second-order valence-corrected chi connectivity index (χ2v) is 4.43. The summed E-state index contributed by atoms with van der Waals surface area (Å²) in [5.74, 6) is 0.882. The van der Waals surface area contributed by atoms with Crippen molar-refractivity contribution in [2.45, 2.75) is 39.1 Å². The van der Waals surface area contributed by atoms with E-state index < -0.39 is 0 Å². The lowest BCUT2D eigenvalue weighted by atomic mass is 10.3. The van der Waals surface area contributed by atoms with Gasteiger partial charge in [-0.1, -0.05) is 13.8 Å². The van der Waals surface area contributed by atoms with Gasteiger partial charge in [0.05, 0.1) is 19.5 Å². The van der Waals surface area contributed by atoms with Crippen molar-refractivity contribution in [1.29, 1.82) is 0 Å². The topological polar surface area (TPSA) is 43.6 Å². The molecule has 0 atom stereocenters. The molecule has 16 heavy (non-hydrogen) atoms. The van der Waals surface area contributed by atoms with Crippen molar-refractivity contribution in [3.63, 3.8) is 0 Å². The van der Waals surface area contributed by atoms with E-state index in [1.165, 1.54) is 0 Å². The van der Waals surface area contributed by atoms with E-state index in [1.54, 1.807) is 6.26 Å². The molecule has 1 aliphatic rings. The summed E-state index contributed by atoms with van der Waals surface area (Å²) in [6.07, 6.45) is 2.04. The Morgan fingerprint density at radius 2 is 2.31 bits per heavy atom. The van der Waals surface area contributed by atoms with Crippen LogP contribution >= 0.6 is 0 Å². The third-order valence-corrected chi connectivity index (χ3v) is 2.49. The zero-order valence-electron chi connectivity index (χ0n) is 9.86. The van der Waals surface area contributed by atoms with Crippen LogP contribution in [0.4, 0.5) is 0 Å². The number of nitrogens with one attached hydrogen (secondary N) is 1. The van der Waals surface area contributed by atoms with E-state index in [0.29, 0.717) is 25.9 Å². The van der Waals surface area contributed by atoms with Gasteiger partial charge in [-0.3, -0.25) is 0 Å². The molecule has 0 aromatic carbocycles. The molecule has 2 rings (SSSR count). The van der Waals surface area contributed by atoms with E-state index in [0.717, 1.165) is 17.9 Å². The maximum absolute atomic E-state index is 5.56. The average molecular weight is 225 g/mol. The van der Waals surface area contributed by atoms with Crippen LogP contribution in [0.25, 0.3) is 0 Å². The monoisotopic (exact) mass is 225 g/mol. The highest BCUT2D eigenvalue weighted by Gasteiger charge is 2.19. The van der Waals surface area contributed by atoms with Gasteiger partial charge in [0.1, 0.15) is 18.5 Å². The Kier molecular flexibility index (Phi) is 3.98. The van der Waals surface area contributed by atoms with Gasteiger partial charge in [-0.2, -0.15) is 0 Å². The van der Waals surface area contributed by atoms with Gasteiger partial charge >= 0.3 is 0 Å². The molecule has 1 saturated heterocycles. The fourth-order valence-electron chi connectivity index (χ4n) is 1.43. The molecule has 4 nitrogen and oxygen atoms in total. The Bertz CT molecular complexity index is 318. The smallest absolute Gasteiger partial charge is 0.129 e. The normalized spacial score (nSPS) is 16.7. The zero-order valence-corrected chi connectivity index (χ0v) is 9.86. The van der Waals surface area contributed by atoms with Crippen LogP contribution in [0.3, 0.4) is 0 Å². The molecule has 0 spiro atoms. The molecule has 0 saturated carbocycles. The molecule has 0 amide bonds. The van der Waals surface area contributed by atoms with Crippen LogP contribution in [0, 0.1) is 0 Å². The molecule has 1 N–H and O–H groups in total. The van der Waals surface area contributed by atoms with Crippen LogP contribution in [0.15, 0.2) is 16.7 Å². The van der Waals surface area contributed by atoms with Crippen molar-refractivity contribution in [2.24, 2.45) is 0 Å². The number of hydrogen-bond donors (Lipinski definition) is 1. The van der Waals surface area contributed by atoms with E-state index in [2.05, 4.69) is 19.2 Å². The molecule has 0 unspecified atom stereocenters. The third-order valence-electron chi connectivity index (χ3n) is 2.49. The Balaban J connectivity index is 1.73. The van der Waals surface area contributed by atoms with Crippen molar-refractivity contribution in [3.8, 4) is 0 Å². The Labute approximate surface area is 95.9 Å². The predicted octanol–water partition coefficient (Wildman–Crippen LogP) is 1.69. The standard InChI is InChI=1S/C12H19NO3/c1-9(2)13-4-10-3-11(15-5-10)8-16-12-6-14-7-12/h3,5,9,12-13H,4,6-8H2,1-2H3. The van der Waals surface area contributed by atoms with Crippen LogP contribution in [0.2, 0.25) is 0 Å². The van der Waals surface area contributed by atoms with E-state index in [4.69, 9.17) is 13.9 Å². The molecule has 0 radical (unpaired) electrons. The maximum Gasteiger partial charge on any atom is 0.129 e. The molecular formula is C12H19NO3. The second-order valence-electron chi connectivity index (χ2n) is 4.43. The molecule has 1 aromatic heterocycles. The van der Waals surface area contributed by atoms with E-state index >= 15 is 0 Å². The summed E-state index contributed by atoms with van der Waals surface area (Å²) in [6, 6.07) is 2.52. The maximum atomic E-state index is 5.56. The fourth-order valence-corrected chi connectivity index (χ4v) is 1.43. The first-order valence-electron chi connectivity index (χ1n) is 5.73. The van der Waals surface area contributed by atoms with Crippen LogP contribution in [0.1, 0.15) is 25.2 Å². The van der Waals surface area contributed by atoms with Crippen molar-refractivity contribution in [3.05, 3.63) is 23.7 Å². The van der Waals surface area contributed by atoms with Crippen molar-refractivity contribution in [2.75, 3.05) is 13.2 Å². The van der Waals surface area contributed by atoms with Gasteiger partial charge in [-0.25, -0.2) is 0 Å². The Hall–Kier alpha value is -0.840. The van der Waals surface area contributed by atoms with E-state index in [1.807, 2.05) is 6.07 Å². The molecule has 2 heterocycles. The molecule has 4 heteroatoms. The van der Waals surface area contributed by atoms with Crippen molar-refractivity contribution < 1.29 is 13.9 Å². The molecule has 1 aliphatic heterocycles. The predicted molar refractivity (Wildman–Crippen MR) is 60.1 cm³/mol. The molecule has 90 valence electrons. The van der Waals surface area contributed by atoms with Gasteiger partial charge in [-0.05, 0) is 6.07 Å².